The third-order valence-corrected chi connectivity index (χ3v) is 2.74. The van der Waals surface area contributed by atoms with Crippen LogP contribution < -0.4 is 11.1 Å². The van der Waals surface area contributed by atoms with Gasteiger partial charge in [0.05, 0.1) is 11.4 Å². The second-order valence-electron chi connectivity index (χ2n) is 4.14. The number of hydrogen-bond acceptors (Lipinski definition) is 4. The van der Waals surface area contributed by atoms with E-state index in [0.29, 0.717) is 11.3 Å². The van der Waals surface area contributed by atoms with Crippen LogP contribution in [0.4, 0.5) is 11.5 Å². The van der Waals surface area contributed by atoms with Crippen molar-refractivity contribution in [3.63, 3.8) is 0 Å². The average Bonchev–Trinajstić information content (AvgIpc) is 2.31. The topological polar surface area (TPSA) is 80.9 Å². The van der Waals surface area contributed by atoms with E-state index in [1.807, 2.05) is 26.0 Å². The molecule has 2 rings (SSSR count). The van der Waals surface area contributed by atoms with Crippen LogP contribution in [0.1, 0.15) is 21.7 Å². The molecule has 0 saturated carbocycles. The maximum absolute atomic E-state index is 12.1. The zero-order chi connectivity index (χ0) is 14.0. The summed E-state index contributed by atoms with van der Waals surface area (Å²) in [7, 11) is 0. The predicted octanol–water partition coefficient (Wildman–Crippen LogP) is 2.58. The van der Waals surface area contributed by atoms with Gasteiger partial charge in [-0.2, -0.15) is 0 Å². The second-order valence-corrected chi connectivity index (χ2v) is 4.53. The standard InChI is InChI=1S/C13H13ClN4O/c1-7-3-4-10(8(2)16-7)17-13(19)9-5-11(14)18-12(15)6-9/h3-6H,1-2H3,(H2,15,18)(H,17,19). The van der Waals surface area contributed by atoms with Crippen molar-refractivity contribution in [2.75, 3.05) is 11.1 Å². The number of carbonyl (C=O) groups is 1. The number of nitrogens with zero attached hydrogens (tertiary/aromatic N) is 2. The Morgan fingerprint density at radius 1 is 1.26 bits per heavy atom. The molecule has 6 heteroatoms. The van der Waals surface area contributed by atoms with Gasteiger partial charge in [0.15, 0.2) is 0 Å². The highest BCUT2D eigenvalue weighted by atomic mass is 35.5. The lowest BCUT2D eigenvalue weighted by Gasteiger charge is -2.09. The molecule has 19 heavy (non-hydrogen) atoms. The van der Waals surface area contributed by atoms with Gasteiger partial charge in [0.1, 0.15) is 11.0 Å². The van der Waals surface area contributed by atoms with Gasteiger partial charge in [0.2, 0.25) is 0 Å². The van der Waals surface area contributed by atoms with E-state index >= 15 is 0 Å². The Labute approximate surface area is 115 Å². The number of nitrogens with one attached hydrogen (secondary N) is 1. The smallest absolute Gasteiger partial charge is 0.255 e. The molecule has 0 fully saturated rings. The molecule has 0 spiro atoms. The van der Waals surface area contributed by atoms with Crippen LogP contribution in [0.2, 0.25) is 5.15 Å². The maximum Gasteiger partial charge on any atom is 0.255 e. The Bertz CT molecular complexity index is 622. The molecular formula is C13H13ClN4O. The molecule has 0 saturated heterocycles. The van der Waals surface area contributed by atoms with Crippen LogP contribution in [-0.4, -0.2) is 15.9 Å². The normalized spacial score (nSPS) is 10.3. The number of nitrogens with two attached hydrogens (primary N) is 1. The molecule has 0 atom stereocenters. The van der Waals surface area contributed by atoms with Crippen molar-refractivity contribution in [1.82, 2.24) is 9.97 Å². The first kappa shape index (κ1) is 13.3. The molecule has 0 aromatic carbocycles. The Balaban J connectivity index is 2.25. The lowest BCUT2D eigenvalue weighted by atomic mass is 10.2. The van der Waals surface area contributed by atoms with Crippen LogP contribution in [0.25, 0.3) is 0 Å². The van der Waals surface area contributed by atoms with Crippen molar-refractivity contribution in [1.29, 1.82) is 0 Å². The molecule has 0 radical (unpaired) electrons. The van der Waals surface area contributed by atoms with Gasteiger partial charge in [-0.15, -0.1) is 0 Å². The Morgan fingerprint density at radius 3 is 2.63 bits per heavy atom. The minimum Gasteiger partial charge on any atom is -0.384 e. The molecule has 0 bridgehead atoms. The molecule has 0 aliphatic carbocycles. The van der Waals surface area contributed by atoms with Crippen molar-refractivity contribution in [3.05, 3.63) is 46.4 Å². The van der Waals surface area contributed by atoms with Crippen LogP contribution in [0, 0.1) is 13.8 Å². The summed E-state index contributed by atoms with van der Waals surface area (Å²) in [5.74, 6) is -0.0962. The molecule has 0 aliphatic heterocycles. The molecule has 0 aliphatic rings. The molecule has 2 aromatic heterocycles. The zero-order valence-electron chi connectivity index (χ0n) is 10.6. The number of carbonyl (C=O) groups excluding carboxylic acids is 1. The summed E-state index contributed by atoms with van der Waals surface area (Å²) in [4.78, 5) is 20.2. The van der Waals surface area contributed by atoms with E-state index in [0.717, 1.165) is 11.4 Å². The van der Waals surface area contributed by atoms with Gasteiger partial charge < -0.3 is 11.1 Å². The number of aryl methyl sites for hydroxylation is 2. The highest BCUT2D eigenvalue weighted by Crippen LogP contribution is 2.16. The summed E-state index contributed by atoms with van der Waals surface area (Å²) >= 11 is 5.77. The van der Waals surface area contributed by atoms with E-state index in [-0.39, 0.29) is 16.9 Å². The van der Waals surface area contributed by atoms with Crippen LogP contribution in [-0.2, 0) is 0 Å². The van der Waals surface area contributed by atoms with E-state index in [4.69, 9.17) is 17.3 Å². The van der Waals surface area contributed by atoms with Gasteiger partial charge in [0, 0.05) is 11.3 Å². The first-order chi connectivity index (χ1) is 8.95. The van der Waals surface area contributed by atoms with Gasteiger partial charge in [-0.1, -0.05) is 11.6 Å². The number of hydrogen-bond donors (Lipinski definition) is 2. The van der Waals surface area contributed by atoms with Crippen LogP contribution >= 0.6 is 11.6 Å². The van der Waals surface area contributed by atoms with E-state index in [2.05, 4.69) is 15.3 Å². The largest absolute Gasteiger partial charge is 0.384 e. The molecule has 5 nitrogen and oxygen atoms in total. The summed E-state index contributed by atoms with van der Waals surface area (Å²) in [6.07, 6.45) is 0. The van der Waals surface area contributed by atoms with Crippen LogP contribution in [0.3, 0.4) is 0 Å². The van der Waals surface area contributed by atoms with Crippen LogP contribution in [0.5, 0.6) is 0 Å². The van der Waals surface area contributed by atoms with Gasteiger partial charge in [-0.3, -0.25) is 9.78 Å². The molecule has 98 valence electrons. The summed E-state index contributed by atoms with van der Waals surface area (Å²) in [5, 5.41) is 2.95. The quantitative estimate of drug-likeness (QED) is 0.826. The lowest BCUT2D eigenvalue weighted by molar-refractivity contribution is 0.102. The minimum atomic E-state index is -0.301. The molecule has 3 N–H and O–H groups in total. The maximum atomic E-state index is 12.1. The third kappa shape index (κ3) is 3.20. The Morgan fingerprint density at radius 2 is 2.00 bits per heavy atom. The Hall–Kier alpha value is -2.14. The molecule has 2 heterocycles. The monoisotopic (exact) mass is 276 g/mol. The lowest BCUT2D eigenvalue weighted by Crippen LogP contribution is -2.14. The molecule has 1 amide bonds. The predicted molar refractivity (Wildman–Crippen MR) is 75.3 cm³/mol. The van der Waals surface area contributed by atoms with Crippen LogP contribution in [0.15, 0.2) is 24.3 Å². The SMILES string of the molecule is Cc1ccc(NC(=O)c2cc(N)nc(Cl)c2)c(C)n1. The number of nitrogen functional groups attached to an aromatic ring is 1. The van der Waals surface area contributed by atoms with E-state index in [1.54, 1.807) is 0 Å². The second kappa shape index (κ2) is 5.24. The van der Waals surface area contributed by atoms with Crippen molar-refractivity contribution < 1.29 is 4.79 Å². The Kier molecular flexibility index (Phi) is 3.66. The van der Waals surface area contributed by atoms with Crippen molar-refractivity contribution in [2.24, 2.45) is 0 Å². The molecule has 2 aromatic rings. The fourth-order valence-electron chi connectivity index (χ4n) is 1.66. The summed E-state index contributed by atoms with van der Waals surface area (Å²) in [5.41, 5.74) is 8.21. The number of rotatable bonds is 2. The number of pyridine rings is 2. The highest BCUT2D eigenvalue weighted by molar-refractivity contribution is 6.30. The van der Waals surface area contributed by atoms with Crippen molar-refractivity contribution in [2.45, 2.75) is 13.8 Å². The fourth-order valence-corrected chi connectivity index (χ4v) is 1.88. The fraction of sp³-hybridized carbons (Fsp3) is 0.154. The van der Waals surface area contributed by atoms with Gasteiger partial charge in [0.25, 0.3) is 5.91 Å². The summed E-state index contributed by atoms with van der Waals surface area (Å²) in [6, 6.07) is 6.57. The van der Waals surface area contributed by atoms with Crippen molar-refractivity contribution >= 4 is 29.0 Å². The first-order valence-electron chi connectivity index (χ1n) is 5.64. The molecule has 0 unspecified atom stereocenters. The number of aromatic nitrogens is 2. The number of anilines is 2. The number of amides is 1. The zero-order valence-corrected chi connectivity index (χ0v) is 11.3. The molecular weight excluding hydrogens is 264 g/mol. The van der Waals surface area contributed by atoms with E-state index in [9.17, 15) is 4.79 Å². The first-order valence-corrected chi connectivity index (χ1v) is 6.02. The van der Waals surface area contributed by atoms with Gasteiger partial charge in [-0.05, 0) is 38.1 Å². The van der Waals surface area contributed by atoms with Gasteiger partial charge in [-0.25, -0.2) is 4.98 Å². The summed E-state index contributed by atoms with van der Waals surface area (Å²) in [6.45, 7) is 3.72. The summed E-state index contributed by atoms with van der Waals surface area (Å²) < 4.78 is 0. The van der Waals surface area contributed by atoms with E-state index < -0.39 is 0 Å². The highest BCUT2D eigenvalue weighted by Gasteiger charge is 2.10. The average molecular weight is 277 g/mol. The van der Waals surface area contributed by atoms with Crippen molar-refractivity contribution in [3.8, 4) is 0 Å². The van der Waals surface area contributed by atoms with Gasteiger partial charge >= 0.3 is 0 Å². The minimum absolute atomic E-state index is 0.184. The number of halogens is 1. The van der Waals surface area contributed by atoms with E-state index in [1.165, 1.54) is 12.1 Å². The third-order valence-electron chi connectivity index (χ3n) is 2.55.